The van der Waals surface area contributed by atoms with Gasteiger partial charge in [0.2, 0.25) is 0 Å². The largest absolute Gasteiger partial charge is 0.384 e. The van der Waals surface area contributed by atoms with E-state index in [0.717, 1.165) is 6.42 Å². The van der Waals surface area contributed by atoms with Crippen LogP contribution in [-0.4, -0.2) is 46.0 Å². The van der Waals surface area contributed by atoms with Crippen molar-refractivity contribution in [1.29, 1.82) is 0 Å². The van der Waals surface area contributed by atoms with Crippen LogP contribution in [0.2, 0.25) is 0 Å². The van der Waals surface area contributed by atoms with Crippen LogP contribution in [0, 0.1) is 12.8 Å². The summed E-state index contributed by atoms with van der Waals surface area (Å²) in [5.41, 5.74) is 1.12. The van der Waals surface area contributed by atoms with Crippen LogP contribution in [0.3, 0.4) is 0 Å². The van der Waals surface area contributed by atoms with Crippen molar-refractivity contribution < 1.29 is 17.9 Å². The molecule has 0 radical (unpaired) electrons. The third-order valence-electron chi connectivity index (χ3n) is 3.69. The lowest BCUT2D eigenvalue weighted by Crippen LogP contribution is -2.29. The molecule has 1 amide bonds. The Labute approximate surface area is 129 Å². The van der Waals surface area contributed by atoms with Crippen molar-refractivity contribution in [2.75, 3.05) is 26.8 Å². The van der Waals surface area contributed by atoms with Gasteiger partial charge in [-0.15, -0.1) is 0 Å². The quantitative estimate of drug-likeness (QED) is 0.792. The van der Waals surface area contributed by atoms with Crippen LogP contribution in [0.1, 0.15) is 22.3 Å². The fraction of sp³-hybridized carbons (Fsp3) is 0.500. The molecule has 0 aliphatic carbocycles. The van der Waals surface area contributed by atoms with Gasteiger partial charge in [-0.2, -0.15) is 0 Å². The minimum absolute atomic E-state index is 0.0110. The monoisotopic (exact) mass is 331 g/mol. The van der Waals surface area contributed by atoms with Crippen molar-refractivity contribution >= 4 is 25.6 Å². The van der Waals surface area contributed by atoms with Crippen molar-refractivity contribution in [3.05, 3.63) is 29.3 Å². The number of ether oxygens (including phenoxy) is 1. The van der Waals surface area contributed by atoms with Crippen molar-refractivity contribution in [2.45, 2.75) is 18.2 Å². The zero-order valence-electron chi connectivity index (χ0n) is 12.0. The molecule has 1 aromatic rings. The van der Waals surface area contributed by atoms with E-state index < -0.39 is 9.05 Å². The normalized spacial score (nSPS) is 19.0. The Morgan fingerprint density at radius 1 is 1.48 bits per heavy atom. The fourth-order valence-corrected chi connectivity index (χ4v) is 3.42. The summed E-state index contributed by atoms with van der Waals surface area (Å²) in [4.78, 5) is 14.3. The van der Waals surface area contributed by atoms with Gasteiger partial charge in [0, 0.05) is 42.4 Å². The molecular weight excluding hydrogens is 314 g/mol. The predicted molar refractivity (Wildman–Crippen MR) is 80.1 cm³/mol. The minimum Gasteiger partial charge on any atom is -0.384 e. The van der Waals surface area contributed by atoms with Crippen molar-refractivity contribution in [3.8, 4) is 0 Å². The highest BCUT2D eigenvalue weighted by Crippen LogP contribution is 2.23. The predicted octanol–water partition coefficient (Wildman–Crippen LogP) is 2.03. The summed E-state index contributed by atoms with van der Waals surface area (Å²) in [5.74, 6) is 0.284. The van der Waals surface area contributed by atoms with Crippen LogP contribution in [0.25, 0.3) is 0 Å². The first-order valence-corrected chi connectivity index (χ1v) is 8.97. The molecule has 2 rings (SSSR count). The van der Waals surface area contributed by atoms with Crippen molar-refractivity contribution in [3.63, 3.8) is 0 Å². The Morgan fingerprint density at radius 3 is 2.76 bits per heavy atom. The number of hydrogen-bond acceptors (Lipinski definition) is 4. The van der Waals surface area contributed by atoms with Crippen LogP contribution in [0.15, 0.2) is 23.1 Å². The summed E-state index contributed by atoms with van der Waals surface area (Å²) < 4.78 is 27.7. The number of carbonyl (C=O) groups is 1. The van der Waals surface area contributed by atoms with Crippen molar-refractivity contribution in [1.82, 2.24) is 4.90 Å². The molecule has 1 aliphatic rings. The molecule has 1 unspecified atom stereocenters. The van der Waals surface area contributed by atoms with Gasteiger partial charge in [-0.3, -0.25) is 4.79 Å². The van der Waals surface area contributed by atoms with Crippen LogP contribution < -0.4 is 0 Å². The third-order valence-corrected chi connectivity index (χ3v) is 5.04. The Morgan fingerprint density at radius 2 is 2.19 bits per heavy atom. The SMILES string of the molecule is COCC1CCN(C(=O)c2ccc(S(=O)(=O)Cl)cc2C)C1. The maximum absolute atomic E-state index is 12.5. The number of halogens is 1. The van der Waals surface area contributed by atoms with E-state index in [1.807, 2.05) is 0 Å². The molecule has 0 saturated carbocycles. The molecule has 7 heteroatoms. The summed E-state index contributed by atoms with van der Waals surface area (Å²) in [6.07, 6.45) is 0.923. The number of nitrogens with zero attached hydrogens (tertiary/aromatic N) is 1. The first-order chi connectivity index (χ1) is 9.82. The Kier molecular flexibility index (Phi) is 4.91. The van der Waals surface area contributed by atoms with Crippen LogP contribution in [0.5, 0.6) is 0 Å². The van der Waals surface area contributed by atoms with Gasteiger partial charge in [0.05, 0.1) is 11.5 Å². The first kappa shape index (κ1) is 16.3. The number of carbonyl (C=O) groups excluding carboxylic acids is 1. The van der Waals surface area contributed by atoms with Crippen LogP contribution >= 0.6 is 10.7 Å². The lowest BCUT2D eigenvalue weighted by Gasteiger charge is -2.18. The number of aryl methyl sites for hydroxylation is 1. The second-order valence-corrected chi connectivity index (χ2v) is 7.84. The van der Waals surface area contributed by atoms with E-state index in [1.165, 1.54) is 18.2 Å². The fourth-order valence-electron chi connectivity index (χ4n) is 2.59. The number of amides is 1. The van der Waals surface area contributed by atoms with E-state index in [4.69, 9.17) is 15.4 Å². The Bertz CT molecular complexity index is 644. The van der Waals surface area contributed by atoms with Gasteiger partial charge < -0.3 is 9.64 Å². The molecule has 1 aliphatic heterocycles. The highest BCUT2D eigenvalue weighted by molar-refractivity contribution is 8.13. The lowest BCUT2D eigenvalue weighted by atomic mass is 10.1. The molecule has 116 valence electrons. The summed E-state index contributed by atoms with van der Waals surface area (Å²) >= 11 is 0. The van der Waals surface area contributed by atoms with E-state index in [2.05, 4.69) is 0 Å². The number of rotatable bonds is 4. The summed E-state index contributed by atoms with van der Waals surface area (Å²) in [5, 5.41) is 0. The van der Waals surface area contributed by atoms with Gasteiger partial charge in [-0.1, -0.05) is 0 Å². The molecule has 0 N–H and O–H groups in total. The van der Waals surface area contributed by atoms with Gasteiger partial charge in [-0.25, -0.2) is 8.42 Å². The second-order valence-electron chi connectivity index (χ2n) is 5.28. The Balaban J connectivity index is 2.17. The van der Waals surface area contributed by atoms with Gasteiger partial charge in [0.25, 0.3) is 15.0 Å². The minimum atomic E-state index is -3.77. The van der Waals surface area contributed by atoms with E-state index >= 15 is 0 Å². The molecule has 1 heterocycles. The number of methoxy groups -OCH3 is 1. The number of likely N-dealkylation sites (tertiary alicyclic amines) is 1. The molecule has 0 aromatic heterocycles. The molecule has 1 aromatic carbocycles. The van der Waals surface area contributed by atoms with E-state index in [1.54, 1.807) is 18.9 Å². The molecule has 1 atom stereocenters. The summed E-state index contributed by atoms with van der Waals surface area (Å²) in [6, 6.07) is 4.32. The second kappa shape index (κ2) is 6.34. The average molecular weight is 332 g/mol. The maximum atomic E-state index is 12.5. The van der Waals surface area contributed by atoms with E-state index in [0.29, 0.717) is 36.7 Å². The molecule has 0 bridgehead atoms. The smallest absolute Gasteiger partial charge is 0.261 e. The number of benzene rings is 1. The average Bonchev–Trinajstić information content (AvgIpc) is 2.86. The van der Waals surface area contributed by atoms with Crippen molar-refractivity contribution in [2.24, 2.45) is 5.92 Å². The number of hydrogen-bond donors (Lipinski definition) is 0. The summed E-state index contributed by atoms with van der Waals surface area (Å²) in [6.45, 7) is 3.72. The molecule has 1 fully saturated rings. The lowest BCUT2D eigenvalue weighted by molar-refractivity contribution is 0.0774. The molecule has 0 spiro atoms. The highest BCUT2D eigenvalue weighted by atomic mass is 35.7. The maximum Gasteiger partial charge on any atom is 0.261 e. The zero-order chi connectivity index (χ0) is 15.6. The van der Waals surface area contributed by atoms with E-state index in [-0.39, 0.29) is 10.8 Å². The topological polar surface area (TPSA) is 63.7 Å². The van der Waals surface area contributed by atoms with Gasteiger partial charge >= 0.3 is 0 Å². The van der Waals surface area contributed by atoms with Gasteiger partial charge in [-0.05, 0) is 37.1 Å². The molecule has 5 nitrogen and oxygen atoms in total. The Hall–Kier alpha value is -1.11. The van der Waals surface area contributed by atoms with Gasteiger partial charge in [0.15, 0.2) is 0 Å². The van der Waals surface area contributed by atoms with Gasteiger partial charge in [0.1, 0.15) is 0 Å². The molecular formula is C14H18ClNO4S. The third kappa shape index (κ3) is 3.75. The van der Waals surface area contributed by atoms with E-state index in [9.17, 15) is 13.2 Å². The highest BCUT2D eigenvalue weighted by Gasteiger charge is 2.27. The first-order valence-electron chi connectivity index (χ1n) is 6.66. The van der Waals surface area contributed by atoms with Crippen LogP contribution in [-0.2, 0) is 13.8 Å². The van der Waals surface area contributed by atoms with Crippen LogP contribution in [0.4, 0.5) is 0 Å². The molecule has 1 saturated heterocycles. The summed E-state index contributed by atoms with van der Waals surface area (Å²) in [7, 11) is 3.19. The standard InChI is InChI=1S/C14H18ClNO4S/c1-10-7-12(21(15,18)19)3-4-13(10)14(17)16-6-5-11(8-16)9-20-2/h3-4,7,11H,5-6,8-9H2,1-2H3. The molecule has 21 heavy (non-hydrogen) atoms. The zero-order valence-corrected chi connectivity index (χ0v) is 13.6.